The van der Waals surface area contributed by atoms with E-state index >= 15 is 0 Å². The SMILES string of the molecule is CCOC(=O)c1c(-c2ccccc2)nc(C)nc1-c1ccncc1. The van der Waals surface area contributed by atoms with E-state index in [-0.39, 0.29) is 6.61 Å². The van der Waals surface area contributed by atoms with Gasteiger partial charge in [0.25, 0.3) is 0 Å². The highest BCUT2D eigenvalue weighted by Gasteiger charge is 2.23. The van der Waals surface area contributed by atoms with Gasteiger partial charge in [0.1, 0.15) is 11.4 Å². The lowest BCUT2D eigenvalue weighted by Gasteiger charge is -2.14. The summed E-state index contributed by atoms with van der Waals surface area (Å²) in [6.45, 7) is 3.88. The summed E-state index contributed by atoms with van der Waals surface area (Å²) < 4.78 is 5.26. The Balaban J connectivity index is 2.29. The Labute approximate surface area is 140 Å². The third-order valence-electron chi connectivity index (χ3n) is 3.50. The van der Waals surface area contributed by atoms with Crippen molar-refractivity contribution in [2.75, 3.05) is 6.61 Å². The van der Waals surface area contributed by atoms with E-state index in [1.807, 2.05) is 49.4 Å². The number of aromatic nitrogens is 3. The van der Waals surface area contributed by atoms with Crippen LogP contribution in [0.5, 0.6) is 0 Å². The van der Waals surface area contributed by atoms with Crippen LogP contribution in [0.2, 0.25) is 0 Å². The highest BCUT2D eigenvalue weighted by Crippen LogP contribution is 2.30. The van der Waals surface area contributed by atoms with Crippen LogP contribution in [0.25, 0.3) is 22.5 Å². The Morgan fingerprint density at radius 3 is 2.12 bits per heavy atom. The van der Waals surface area contributed by atoms with E-state index in [1.165, 1.54) is 0 Å². The van der Waals surface area contributed by atoms with Crippen molar-refractivity contribution in [2.24, 2.45) is 0 Å². The summed E-state index contributed by atoms with van der Waals surface area (Å²) in [5.74, 6) is 0.164. The minimum absolute atomic E-state index is 0.288. The molecule has 0 atom stereocenters. The minimum atomic E-state index is -0.428. The van der Waals surface area contributed by atoms with Crippen LogP contribution in [0.1, 0.15) is 23.1 Å². The predicted octanol–water partition coefficient (Wildman–Crippen LogP) is 3.69. The van der Waals surface area contributed by atoms with Gasteiger partial charge in [-0.15, -0.1) is 0 Å². The van der Waals surface area contributed by atoms with Gasteiger partial charge in [0, 0.05) is 23.5 Å². The van der Waals surface area contributed by atoms with E-state index in [0.29, 0.717) is 22.8 Å². The molecule has 0 aliphatic carbocycles. The summed E-state index contributed by atoms with van der Waals surface area (Å²) in [4.78, 5) is 25.7. The van der Waals surface area contributed by atoms with Gasteiger partial charge < -0.3 is 4.74 Å². The van der Waals surface area contributed by atoms with Crippen LogP contribution in [0.4, 0.5) is 0 Å². The highest BCUT2D eigenvalue weighted by atomic mass is 16.5. The Kier molecular flexibility index (Phi) is 4.61. The number of carbonyl (C=O) groups is 1. The lowest BCUT2D eigenvalue weighted by atomic mass is 10.0. The van der Waals surface area contributed by atoms with Gasteiger partial charge in [-0.3, -0.25) is 4.98 Å². The summed E-state index contributed by atoms with van der Waals surface area (Å²) in [7, 11) is 0. The number of hydrogen-bond acceptors (Lipinski definition) is 5. The molecule has 5 nitrogen and oxygen atoms in total. The Bertz CT molecular complexity index is 788. The van der Waals surface area contributed by atoms with E-state index in [0.717, 1.165) is 11.1 Å². The second-order valence-electron chi connectivity index (χ2n) is 5.17. The van der Waals surface area contributed by atoms with Crippen LogP contribution in [-0.4, -0.2) is 27.5 Å². The van der Waals surface area contributed by atoms with E-state index in [1.54, 1.807) is 19.3 Å². The first-order valence-corrected chi connectivity index (χ1v) is 7.72. The highest BCUT2D eigenvalue weighted by molar-refractivity contribution is 6.02. The Morgan fingerprint density at radius 1 is 0.958 bits per heavy atom. The first-order valence-electron chi connectivity index (χ1n) is 7.72. The lowest BCUT2D eigenvalue weighted by molar-refractivity contribution is 0.0527. The van der Waals surface area contributed by atoms with E-state index in [4.69, 9.17) is 4.74 Å². The van der Waals surface area contributed by atoms with Crippen molar-refractivity contribution in [1.29, 1.82) is 0 Å². The number of nitrogens with zero attached hydrogens (tertiary/aromatic N) is 3. The van der Waals surface area contributed by atoms with Crippen LogP contribution >= 0.6 is 0 Å². The normalized spacial score (nSPS) is 10.4. The number of pyridine rings is 1. The predicted molar refractivity (Wildman–Crippen MR) is 91.4 cm³/mol. The summed E-state index contributed by atoms with van der Waals surface area (Å²) in [6, 6.07) is 13.2. The fourth-order valence-electron chi connectivity index (χ4n) is 2.49. The van der Waals surface area contributed by atoms with Crippen molar-refractivity contribution in [1.82, 2.24) is 15.0 Å². The standard InChI is InChI=1S/C19H17N3O2/c1-3-24-19(23)16-17(14-7-5-4-6-8-14)21-13(2)22-18(16)15-9-11-20-12-10-15/h4-12H,3H2,1-2H3. The molecule has 0 unspecified atom stereocenters. The summed E-state index contributed by atoms with van der Waals surface area (Å²) >= 11 is 0. The van der Waals surface area contributed by atoms with Crippen molar-refractivity contribution in [3.63, 3.8) is 0 Å². The third-order valence-corrected chi connectivity index (χ3v) is 3.50. The van der Waals surface area contributed by atoms with Gasteiger partial charge in [-0.1, -0.05) is 30.3 Å². The molecule has 0 aliphatic heterocycles. The van der Waals surface area contributed by atoms with Gasteiger partial charge in [0.05, 0.1) is 18.0 Å². The molecule has 5 heteroatoms. The summed E-state index contributed by atoms with van der Waals surface area (Å²) in [6.07, 6.45) is 3.34. The second-order valence-corrected chi connectivity index (χ2v) is 5.17. The number of esters is 1. The van der Waals surface area contributed by atoms with Crippen LogP contribution in [0, 0.1) is 6.92 Å². The molecule has 0 spiro atoms. The Hall–Kier alpha value is -3.08. The number of carbonyl (C=O) groups excluding carboxylic acids is 1. The van der Waals surface area contributed by atoms with Crippen LogP contribution in [0.3, 0.4) is 0 Å². The van der Waals surface area contributed by atoms with E-state index in [2.05, 4.69) is 15.0 Å². The number of benzene rings is 1. The first kappa shape index (κ1) is 15.8. The van der Waals surface area contributed by atoms with Gasteiger partial charge in [0.2, 0.25) is 0 Å². The fraction of sp³-hybridized carbons (Fsp3) is 0.158. The number of aryl methyl sites for hydroxylation is 1. The van der Waals surface area contributed by atoms with Crippen molar-refractivity contribution in [2.45, 2.75) is 13.8 Å². The molecule has 2 heterocycles. The average Bonchev–Trinajstić information content (AvgIpc) is 2.62. The van der Waals surface area contributed by atoms with Gasteiger partial charge in [-0.25, -0.2) is 14.8 Å². The molecular formula is C19H17N3O2. The molecule has 0 radical (unpaired) electrons. The van der Waals surface area contributed by atoms with E-state index < -0.39 is 5.97 Å². The van der Waals surface area contributed by atoms with Gasteiger partial charge in [-0.2, -0.15) is 0 Å². The largest absolute Gasteiger partial charge is 0.462 e. The molecule has 0 saturated carbocycles. The van der Waals surface area contributed by atoms with Gasteiger partial charge in [0.15, 0.2) is 0 Å². The van der Waals surface area contributed by atoms with Crippen molar-refractivity contribution >= 4 is 5.97 Å². The van der Waals surface area contributed by atoms with E-state index in [9.17, 15) is 4.79 Å². The topological polar surface area (TPSA) is 65.0 Å². The zero-order chi connectivity index (χ0) is 16.9. The number of rotatable bonds is 4. The zero-order valence-electron chi connectivity index (χ0n) is 13.6. The van der Waals surface area contributed by atoms with Crippen molar-refractivity contribution in [3.8, 4) is 22.5 Å². The third kappa shape index (κ3) is 3.15. The molecule has 3 rings (SSSR count). The molecule has 2 aromatic heterocycles. The number of ether oxygens (including phenoxy) is 1. The minimum Gasteiger partial charge on any atom is -0.462 e. The monoisotopic (exact) mass is 319 g/mol. The lowest BCUT2D eigenvalue weighted by Crippen LogP contribution is -2.12. The zero-order valence-corrected chi connectivity index (χ0v) is 13.6. The average molecular weight is 319 g/mol. The van der Waals surface area contributed by atoms with Crippen LogP contribution in [0.15, 0.2) is 54.9 Å². The Morgan fingerprint density at radius 2 is 1.54 bits per heavy atom. The first-order chi connectivity index (χ1) is 11.7. The molecule has 0 fully saturated rings. The molecule has 0 saturated heterocycles. The maximum atomic E-state index is 12.6. The quantitative estimate of drug-likeness (QED) is 0.686. The maximum absolute atomic E-state index is 12.6. The molecule has 1 aromatic carbocycles. The van der Waals surface area contributed by atoms with Crippen molar-refractivity contribution < 1.29 is 9.53 Å². The van der Waals surface area contributed by atoms with Crippen LogP contribution < -0.4 is 0 Å². The van der Waals surface area contributed by atoms with Gasteiger partial charge in [-0.05, 0) is 26.0 Å². The number of hydrogen-bond donors (Lipinski definition) is 0. The molecule has 0 amide bonds. The molecule has 3 aromatic rings. The molecule has 24 heavy (non-hydrogen) atoms. The van der Waals surface area contributed by atoms with Crippen molar-refractivity contribution in [3.05, 3.63) is 66.2 Å². The van der Waals surface area contributed by atoms with Gasteiger partial charge >= 0.3 is 5.97 Å². The maximum Gasteiger partial charge on any atom is 0.342 e. The molecular weight excluding hydrogens is 302 g/mol. The smallest absolute Gasteiger partial charge is 0.342 e. The molecule has 0 N–H and O–H groups in total. The summed E-state index contributed by atoms with van der Waals surface area (Å²) in [5, 5.41) is 0. The molecule has 0 aliphatic rings. The fourth-order valence-corrected chi connectivity index (χ4v) is 2.49. The summed E-state index contributed by atoms with van der Waals surface area (Å²) in [5.41, 5.74) is 3.16. The molecule has 0 bridgehead atoms. The molecule has 120 valence electrons. The second kappa shape index (κ2) is 7.00. The van der Waals surface area contributed by atoms with Crippen LogP contribution in [-0.2, 0) is 4.74 Å².